The predicted molar refractivity (Wildman–Crippen MR) is 59.2 cm³/mol. The summed E-state index contributed by atoms with van der Waals surface area (Å²) in [5.41, 5.74) is 3.05. The van der Waals surface area contributed by atoms with Crippen molar-refractivity contribution in [3.8, 4) is 0 Å². The molecular weight excluding hydrogens is 261 g/mol. The number of hydrogen-bond acceptors (Lipinski definition) is 1. The molecule has 0 saturated heterocycles. The zero-order valence-electron chi connectivity index (χ0n) is 7.18. The third kappa shape index (κ3) is 1.64. The highest BCUT2D eigenvalue weighted by atomic mass is 127. The van der Waals surface area contributed by atoms with Gasteiger partial charge in [-0.2, -0.15) is 0 Å². The van der Waals surface area contributed by atoms with Gasteiger partial charge >= 0.3 is 0 Å². The molecule has 0 N–H and O–H groups in total. The molecule has 0 aliphatic carbocycles. The van der Waals surface area contributed by atoms with E-state index in [0.717, 1.165) is 6.54 Å². The summed E-state index contributed by atoms with van der Waals surface area (Å²) in [6.45, 7) is 2.32. The van der Waals surface area contributed by atoms with Crippen LogP contribution in [0.25, 0.3) is 0 Å². The second kappa shape index (κ2) is 3.34. The molecule has 12 heavy (non-hydrogen) atoms. The number of hydrogen-bond donors (Lipinski definition) is 0. The van der Waals surface area contributed by atoms with Gasteiger partial charge < -0.3 is 4.90 Å². The monoisotopic (exact) mass is 273 g/mol. The van der Waals surface area contributed by atoms with E-state index in [1.807, 2.05) is 0 Å². The zero-order valence-corrected chi connectivity index (χ0v) is 9.34. The van der Waals surface area contributed by atoms with E-state index in [0.29, 0.717) is 0 Å². The fraction of sp³-hybridized carbons (Fsp3) is 0.400. The summed E-state index contributed by atoms with van der Waals surface area (Å²) in [7, 11) is 2.18. The van der Waals surface area contributed by atoms with Crippen molar-refractivity contribution in [1.82, 2.24) is 4.90 Å². The van der Waals surface area contributed by atoms with Gasteiger partial charge in [-0.15, -0.1) is 0 Å². The van der Waals surface area contributed by atoms with Crippen LogP contribution in [0, 0.1) is 3.57 Å². The first-order valence-corrected chi connectivity index (χ1v) is 5.29. The molecule has 0 atom stereocenters. The molecule has 0 amide bonds. The van der Waals surface area contributed by atoms with Gasteiger partial charge in [0, 0.05) is 16.7 Å². The Morgan fingerprint density at radius 3 is 3.00 bits per heavy atom. The van der Waals surface area contributed by atoms with E-state index in [1.54, 1.807) is 5.56 Å². The highest BCUT2D eigenvalue weighted by Gasteiger charge is 2.12. The molecule has 0 bridgehead atoms. The predicted octanol–water partition coefficient (Wildman–Crippen LogP) is 2.28. The van der Waals surface area contributed by atoms with Crippen molar-refractivity contribution >= 4 is 22.6 Å². The van der Waals surface area contributed by atoms with Crippen molar-refractivity contribution in [2.75, 3.05) is 13.6 Å². The van der Waals surface area contributed by atoms with Crippen molar-refractivity contribution < 1.29 is 0 Å². The van der Waals surface area contributed by atoms with E-state index in [4.69, 9.17) is 0 Å². The number of benzene rings is 1. The number of likely N-dealkylation sites (N-methyl/N-ethyl adjacent to an activating group) is 1. The lowest BCUT2D eigenvalue weighted by atomic mass is 10.0. The third-order valence-electron chi connectivity index (χ3n) is 2.37. The fourth-order valence-electron chi connectivity index (χ4n) is 1.66. The van der Waals surface area contributed by atoms with E-state index < -0.39 is 0 Å². The largest absolute Gasteiger partial charge is 0.302 e. The highest BCUT2D eigenvalue weighted by molar-refractivity contribution is 14.1. The van der Waals surface area contributed by atoms with Gasteiger partial charge in [0.15, 0.2) is 0 Å². The molecule has 0 unspecified atom stereocenters. The number of fused-ring (bicyclic) bond motifs is 1. The smallest absolute Gasteiger partial charge is 0.0233 e. The molecule has 1 aliphatic heterocycles. The fourth-order valence-corrected chi connectivity index (χ4v) is 2.22. The molecule has 0 aromatic heterocycles. The summed E-state index contributed by atoms with van der Waals surface area (Å²) in [6.07, 6.45) is 1.21. The first-order valence-electron chi connectivity index (χ1n) is 4.21. The van der Waals surface area contributed by atoms with Crippen molar-refractivity contribution in [3.05, 3.63) is 32.9 Å². The second-order valence-corrected chi connectivity index (χ2v) is 4.65. The quantitative estimate of drug-likeness (QED) is 0.655. The van der Waals surface area contributed by atoms with Gasteiger partial charge in [-0.25, -0.2) is 0 Å². The lowest BCUT2D eigenvalue weighted by Crippen LogP contribution is -2.26. The van der Waals surface area contributed by atoms with E-state index in [2.05, 4.69) is 52.7 Å². The average molecular weight is 273 g/mol. The minimum absolute atomic E-state index is 1.12. The Kier molecular flexibility index (Phi) is 2.37. The molecule has 0 spiro atoms. The molecule has 0 saturated carbocycles. The molecule has 1 nitrogen and oxygen atoms in total. The molecule has 1 heterocycles. The van der Waals surface area contributed by atoms with Crippen molar-refractivity contribution in [2.45, 2.75) is 13.0 Å². The van der Waals surface area contributed by atoms with Crippen LogP contribution in [0.5, 0.6) is 0 Å². The molecule has 2 heteroatoms. The first kappa shape index (κ1) is 8.51. The Morgan fingerprint density at radius 1 is 1.33 bits per heavy atom. The lowest BCUT2D eigenvalue weighted by Gasteiger charge is -2.24. The Bertz CT molecular complexity index is 296. The highest BCUT2D eigenvalue weighted by Crippen LogP contribution is 2.19. The van der Waals surface area contributed by atoms with E-state index in [9.17, 15) is 0 Å². The van der Waals surface area contributed by atoms with Gasteiger partial charge in [0.2, 0.25) is 0 Å². The van der Waals surface area contributed by atoms with Crippen LogP contribution >= 0.6 is 22.6 Å². The van der Waals surface area contributed by atoms with Crippen LogP contribution in [0.1, 0.15) is 11.1 Å². The summed E-state index contributed by atoms with van der Waals surface area (Å²) in [4.78, 5) is 2.37. The maximum atomic E-state index is 2.38. The van der Waals surface area contributed by atoms with E-state index >= 15 is 0 Å². The first-order chi connectivity index (χ1) is 5.75. The van der Waals surface area contributed by atoms with E-state index in [1.165, 1.54) is 22.1 Å². The number of nitrogens with zero attached hydrogens (tertiary/aromatic N) is 1. The van der Waals surface area contributed by atoms with Crippen molar-refractivity contribution in [1.29, 1.82) is 0 Å². The van der Waals surface area contributed by atoms with Crippen LogP contribution in [0.3, 0.4) is 0 Å². The Labute approximate surface area is 86.9 Å². The Balaban J connectivity index is 2.37. The van der Waals surface area contributed by atoms with Crippen molar-refractivity contribution in [2.24, 2.45) is 0 Å². The topological polar surface area (TPSA) is 3.24 Å². The van der Waals surface area contributed by atoms with Crippen LogP contribution in [0.4, 0.5) is 0 Å². The normalized spacial score (nSPS) is 17.5. The van der Waals surface area contributed by atoms with Crippen LogP contribution in [0.15, 0.2) is 18.2 Å². The molecular formula is C10H12IN. The van der Waals surface area contributed by atoms with Crippen LogP contribution in [0.2, 0.25) is 0 Å². The summed E-state index contributed by atoms with van der Waals surface area (Å²) < 4.78 is 1.36. The van der Waals surface area contributed by atoms with Crippen LogP contribution in [-0.4, -0.2) is 18.5 Å². The standard InChI is InChI=1S/C10H12IN/c1-12-5-4-8-6-10(11)3-2-9(8)7-12/h2-3,6H,4-5,7H2,1H3. The van der Waals surface area contributed by atoms with Gasteiger partial charge in [0.1, 0.15) is 0 Å². The number of halogens is 1. The summed E-state index contributed by atoms with van der Waals surface area (Å²) >= 11 is 2.38. The van der Waals surface area contributed by atoms with Gasteiger partial charge in [-0.05, 0) is 59.3 Å². The summed E-state index contributed by atoms with van der Waals surface area (Å²) in [5, 5.41) is 0. The maximum Gasteiger partial charge on any atom is 0.0233 e. The summed E-state index contributed by atoms with van der Waals surface area (Å²) in [5.74, 6) is 0. The second-order valence-electron chi connectivity index (χ2n) is 3.40. The molecule has 0 radical (unpaired) electrons. The van der Waals surface area contributed by atoms with Gasteiger partial charge in [0.05, 0.1) is 0 Å². The SMILES string of the molecule is CN1CCc2cc(I)ccc2C1. The molecule has 64 valence electrons. The minimum atomic E-state index is 1.12. The molecule has 1 aliphatic rings. The van der Waals surface area contributed by atoms with Gasteiger partial charge in [-0.1, -0.05) is 6.07 Å². The van der Waals surface area contributed by atoms with Crippen LogP contribution < -0.4 is 0 Å². The number of rotatable bonds is 0. The van der Waals surface area contributed by atoms with Gasteiger partial charge in [-0.3, -0.25) is 0 Å². The van der Waals surface area contributed by atoms with E-state index in [-0.39, 0.29) is 0 Å². The molecule has 0 fully saturated rings. The molecule has 2 rings (SSSR count). The minimum Gasteiger partial charge on any atom is -0.302 e. The van der Waals surface area contributed by atoms with Crippen LogP contribution in [-0.2, 0) is 13.0 Å². The third-order valence-corrected chi connectivity index (χ3v) is 3.04. The zero-order chi connectivity index (χ0) is 8.55. The van der Waals surface area contributed by atoms with Gasteiger partial charge in [0.25, 0.3) is 0 Å². The lowest BCUT2D eigenvalue weighted by molar-refractivity contribution is 0.313. The molecule has 1 aromatic rings. The Hall–Kier alpha value is -0.0900. The summed E-state index contributed by atoms with van der Waals surface area (Å²) in [6, 6.07) is 6.76. The van der Waals surface area contributed by atoms with Crippen molar-refractivity contribution in [3.63, 3.8) is 0 Å². The molecule has 1 aromatic carbocycles. The Morgan fingerprint density at radius 2 is 2.17 bits per heavy atom. The maximum absolute atomic E-state index is 2.38. The average Bonchev–Trinajstić information content (AvgIpc) is 2.05.